The van der Waals surface area contributed by atoms with Gasteiger partial charge in [-0.15, -0.1) is 11.6 Å². The highest BCUT2D eigenvalue weighted by atomic mass is 35.5. The van der Waals surface area contributed by atoms with E-state index in [1.807, 2.05) is 6.07 Å². The zero-order valence-corrected chi connectivity index (χ0v) is 12.0. The predicted octanol–water partition coefficient (Wildman–Crippen LogP) is 5.67. The van der Waals surface area contributed by atoms with Gasteiger partial charge in [0.05, 0.1) is 5.38 Å². The summed E-state index contributed by atoms with van der Waals surface area (Å²) in [6.45, 7) is 8.54. The fourth-order valence-electron chi connectivity index (χ4n) is 1.97. The third-order valence-corrected chi connectivity index (χ3v) is 4.29. The summed E-state index contributed by atoms with van der Waals surface area (Å²) in [5.74, 6) is 0.501. The Morgan fingerprint density at radius 3 is 2.06 bits per heavy atom. The topological polar surface area (TPSA) is 0 Å². The summed E-state index contributed by atoms with van der Waals surface area (Å²) in [5.41, 5.74) is 3.57. The largest absolute Gasteiger partial charge is 0.117 e. The van der Waals surface area contributed by atoms with E-state index in [1.54, 1.807) is 0 Å². The van der Waals surface area contributed by atoms with E-state index in [1.165, 1.54) is 11.1 Å². The van der Waals surface area contributed by atoms with Gasteiger partial charge in [-0.05, 0) is 42.5 Å². The van der Waals surface area contributed by atoms with Crippen molar-refractivity contribution in [1.29, 1.82) is 0 Å². The normalized spacial score (nSPS) is 13.2. The molecule has 2 heteroatoms. The second-order valence-corrected chi connectivity index (χ2v) is 5.31. The Labute approximate surface area is 109 Å². The number of rotatable bonds is 4. The molecule has 0 saturated carbocycles. The summed E-state index contributed by atoms with van der Waals surface area (Å²) in [6, 6.07) is 4.15. The molecule has 0 aliphatic carbocycles. The first-order valence-corrected chi connectivity index (χ1v) is 6.73. The van der Waals surface area contributed by atoms with E-state index >= 15 is 0 Å². The summed E-state index contributed by atoms with van der Waals surface area (Å²) in [7, 11) is 0. The van der Waals surface area contributed by atoms with Gasteiger partial charge in [-0.25, -0.2) is 0 Å². The van der Waals surface area contributed by atoms with Crippen molar-refractivity contribution < 1.29 is 0 Å². The highest BCUT2D eigenvalue weighted by Gasteiger charge is 2.20. The number of halogens is 2. The second-order valence-electron chi connectivity index (χ2n) is 4.44. The first-order valence-electron chi connectivity index (χ1n) is 5.91. The molecule has 90 valence electrons. The maximum Gasteiger partial charge on any atom is 0.0627 e. The average molecular weight is 259 g/mol. The molecule has 0 nitrogen and oxygen atoms in total. The van der Waals surface area contributed by atoms with E-state index in [2.05, 4.69) is 33.8 Å². The Morgan fingerprint density at radius 2 is 1.56 bits per heavy atom. The van der Waals surface area contributed by atoms with Crippen LogP contribution in [-0.4, -0.2) is 0 Å². The van der Waals surface area contributed by atoms with Gasteiger partial charge in [-0.1, -0.05) is 44.4 Å². The summed E-state index contributed by atoms with van der Waals surface area (Å²) in [5, 5.41) is 0.830. The minimum absolute atomic E-state index is 0.0294. The SMILES string of the molecule is CCC(CC)C(Cl)c1cc(C)c(C)cc1Cl. The van der Waals surface area contributed by atoms with Gasteiger partial charge in [0.2, 0.25) is 0 Å². The van der Waals surface area contributed by atoms with Crippen LogP contribution in [0, 0.1) is 19.8 Å². The molecular weight excluding hydrogens is 239 g/mol. The minimum Gasteiger partial charge on any atom is -0.117 e. The van der Waals surface area contributed by atoms with Gasteiger partial charge in [-0.3, -0.25) is 0 Å². The van der Waals surface area contributed by atoms with Gasteiger partial charge in [0.15, 0.2) is 0 Å². The molecule has 0 N–H and O–H groups in total. The second kappa shape index (κ2) is 5.93. The first-order chi connectivity index (χ1) is 7.51. The van der Waals surface area contributed by atoms with Crippen LogP contribution in [0.15, 0.2) is 12.1 Å². The Morgan fingerprint density at radius 1 is 1.06 bits per heavy atom. The van der Waals surface area contributed by atoms with Gasteiger partial charge in [0, 0.05) is 5.02 Å². The van der Waals surface area contributed by atoms with Crippen molar-refractivity contribution in [1.82, 2.24) is 0 Å². The molecule has 0 aromatic heterocycles. The van der Waals surface area contributed by atoms with Crippen LogP contribution in [-0.2, 0) is 0 Å². The lowest BCUT2D eigenvalue weighted by atomic mass is 9.92. The number of aryl methyl sites for hydroxylation is 2. The standard InChI is InChI=1S/C14H20Cl2/c1-5-11(6-2)14(16)12-7-9(3)10(4)8-13(12)15/h7-8,11,14H,5-6H2,1-4H3. The Kier molecular flexibility index (Phi) is 5.14. The van der Waals surface area contributed by atoms with Crippen molar-refractivity contribution in [2.45, 2.75) is 45.9 Å². The van der Waals surface area contributed by atoms with Crippen molar-refractivity contribution in [2.24, 2.45) is 5.92 Å². The maximum absolute atomic E-state index is 6.52. The molecule has 1 atom stereocenters. The molecule has 0 bridgehead atoms. The number of alkyl halides is 1. The molecule has 0 aliphatic rings. The first kappa shape index (κ1) is 13.9. The third-order valence-electron chi connectivity index (χ3n) is 3.37. The Hall–Kier alpha value is -0.200. The summed E-state index contributed by atoms with van der Waals surface area (Å²) in [6.07, 6.45) is 2.18. The quantitative estimate of drug-likeness (QED) is 0.611. The van der Waals surface area contributed by atoms with Crippen LogP contribution in [0.1, 0.15) is 48.8 Å². The van der Waals surface area contributed by atoms with E-state index in [4.69, 9.17) is 23.2 Å². The van der Waals surface area contributed by atoms with Crippen molar-refractivity contribution in [3.8, 4) is 0 Å². The van der Waals surface area contributed by atoms with Crippen LogP contribution in [0.5, 0.6) is 0 Å². The molecule has 16 heavy (non-hydrogen) atoms. The molecule has 0 radical (unpaired) electrons. The minimum atomic E-state index is 0.0294. The van der Waals surface area contributed by atoms with Crippen molar-refractivity contribution in [2.75, 3.05) is 0 Å². The fourth-order valence-corrected chi connectivity index (χ4v) is 2.90. The molecule has 1 unspecified atom stereocenters. The molecule has 0 saturated heterocycles. The van der Waals surface area contributed by atoms with Crippen LogP contribution in [0.3, 0.4) is 0 Å². The molecule has 1 rings (SSSR count). The van der Waals surface area contributed by atoms with E-state index < -0.39 is 0 Å². The highest BCUT2D eigenvalue weighted by Crippen LogP contribution is 2.38. The van der Waals surface area contributed by atoms with Crippen molar-refractivity contribution in [3.05, 3.63) is 33.8 Å². The van der Waals surface area contributed by atoms with Crippen LogP contribution in [0.4, 0.5) is 0 Å². The number of hydrogen-bond donors (Lipinski definition) is 0. The highest BCUT2D eigenvalue weighted by molar-refractivity contribution is 6.32. The number of benzene rings is 1. The molecule has 0 spiro atoms. The van der Waals surface area contributed by atoms with Crippen LogP contribution >= 0.6 is 23.2 Å². The number of hydrogen-bond acceptors (Lipinski definition) is 0. The average Bonchev–Trinajstić information content (AvgIpc) is 2.25. The maximum atomic E-state index is 6.52. The lowest BCUT2D eigenvalue weighted by molar-refractivity contribution is 0.476. The lowest BCUT2D eigenvalue weighted by Gasteiger charge is -2.21. The summed E-state index contributed by atoms with van der Waals surface area (Å²) >= 11 is 12.8. The molecule has 1 aromatic rings. The molecule has 1 aromatic carbocycles. The zero-order chi connectivity index (χ0) is 12.3. The Bertz CT molecular complexity index is 354. The molecule has 0 amide bonds. The zero-order valence-electron chi connectivity index (χ0n) is 10.5. The molecule has 0 fully saturated rings. The lowest BCUT2D eigenvalue weighted by Crippen LogP contribution is -2.07. The summed E-state index contributed by atoms with van der Waals surface area (Å²) in [4.78, 5) is 0. The van der Waals surface area contributed by atoms with E-state index in [0.29, 0.717) is 5.92 Å². The van der Waals surface area contributed by atoms with Gasteiger partial charge in [-0.2, -0.15) is 0 Å². The Balaban J connectivity index is 3.07. The van der Waals surface area contributed by atoms with E-state index in [0.717, 1.165) is 23.4 Å². The predicted molar refractivity (Wildman–Crippen MR) is 73.6 cm³/mol. The third kappa shape index (κ3) is 2.93. The smallest absolute Gasteiger partial charge is 0.0627 e. The van der Waals surface area contributed by atoms with E-state index in [9.17, 15) is 0 Å². The van der Waals surface area contributed by atoms with Crippen LogP contribution < -0.4 is 0 Å². The molecular formula is C14H20Cl2. The summed E-state index contributed by atoms with van der Waals surface area (Å²) < 4.78 is 0. The van der Waals surface area contributed by atoms with Gasteiger partial charge >= 0.3 is 0 Å². The van der Waals surface area contributed by atoms with Crippen molar-refractivity contribution >= 4 is 23.2 Å². The molecule has 0 aliphatic heterocycles. The van der Waals surface area contributed by atoms with Gasteiger partial charge < -0.3 is 0 Å². The van der Waals surface area contributed by atoms with E-state index in [-0.39, 0.29) is 5.38 Å². The van der Waals surface area contributed by atoms with Crippen LogP contribution in [0.2, 0.25) is 5.02 Å². The van der Waals surface area contributed by atoms with Gasteiger partial charge in [0.1, 0.15) is 0 Å². The van der Waals surface area contributed by atoms with Crippen molar-refractivity contribution in [3.63, 3.8) is 0 Å². The monoisotopic (exact) mass is 258 g/mol. The van der Waals surface area contributed by atoms with Crippen LogP contribution in [0.25, 0.3) is 0 Å². The fraction of sp³-hybridized carbons (Fsp3) is 0.571. The van der Waals surface area contributed by atoms with Gasteiger partial charge in [0.25, 0.3) is 0 Å². The molecule has 0 heterocycles.